The molecule has 1 fully saturated rings. The van der Waals surface area contributed by atoms with Gasteiger partial charge in [-0.25, -0.2) is 8.78 Å². The summed E-state index contributed by atoms with van der Waals surface area (Å²) in [5.41, 5.74) is 0. The summed E-state index contributed by atoms with van der Waals surface area (Å²) in [4.78, 5) is -2.33. The molecule has 0 spiro atoms. The molecule has 1 saturated heterocycles. The Bertz CT molecular complexity index is 130. The molecular weight excluding hydrogens is 175 g/mol. The van der Waals surface area contributed by atoms with Crippen LogP contribution in [0.25, 0.3) is 0 Å². The van der Waals surface area contributed by atoms with Gasteiger partial charge in [0, 0.05) is 0 Å². The average molecular weight is 191 g/mol. The first-order chi connectivity index (χ1) is 5.58. The topological polar surface area (TPSA) is 12.0 Å². The van der Waals surface area contributed by atoms with E-state index in [1.54, 1.807) is 0 Å². The first-order valence-corrected chi connectivity index (χ1v) is 5.66. The fourth-order valence-electron chi connectivity index (χ4n) is 1.63. The van der Waals surface area contributed by atoms with Crippen molar-refractivity contribution in [3.63, 3.8) is 0 Å². The van der Waals surface area contributed by atoms with Gasteiger partial charge < -0.3 is 5.32 Å². The maximum absolute atomic E-state index is 12.5. The summed E-state index contributed by atoms with van der Waals surface area (Å²) in [6, 6.07) is 0. The van der Waals surface area contributed by atoms with Crippen molar-refractivity contribution < 1.29 is 8.78 Å². The van der Waals surface area contributed by atoms with Gasteiger partial charge >= 0.3 is 16.3 Å². The third kappa shape index (κ3) is 4.40. The number of hydrogen-bond acceptors (Lipinski definition) is 1. The number of piperidine rings is 1. The SMILES string of the molecule is F[C](F)([AlH2])CCC1CCNCC1. The third-order valence-corrected chi connectivity index (χ3v) is 2.95. The summed E-state index contributed by atoms with van der Waals surface area (Å²) < 4.78 is 25.0. The van der Waals surface area contributed by atoms with E-state index in [0.717, 1.165) is 32.4 Å². The number of nitrogens with one attached hydrogen (secondary N) is 1. The second-order valence-corrected chi connectivity index (χ2v) is 5.27. The van der Waals surface area contributed by atoms with Crippen LogP contribution in [-0.4, -0.2) is 34.2 Å². The zero-order chi connectivity index (χ0) is 9.03. The van der Waals surface area contributed by atoms with Crippen LogP contribution in [0.15, 0.2) is 0 Å². The van der Waals surface area contributed by atoms with E-state index in [1.165, 1.54) is 0 Å². The molecule has 0 aromatic rings. The fraction of sp³-hybridized carbons (Fsp3) is 1.00. The lowest BCUT2D eigenvalue weighted by Crippen LogP contribution is -2.29. The average Bonchev–Trinajstić information content (AvgIpc) is 2.02. The van der Waals surface area contributed by atoms with Crippen LogP contribution in [-0.2, 0) is 0 Å². The van der Waals surface area contributed by atoms with Crippen LogP contribution < -0.4 is 5.32 Å². The Kier molecular flexibility index (Phi) is 3.96. The molecule has 70 valence electrons. The maximum atomic E-state index is 12.5. The van der Waals surface area contributed by atoms with Crippen molar-refractivity contribution in [2.45, 2.75) is 30.5 Å². The maximum Gasteiger partial charge on any atom is 0.326 e. The Morgan fingerprint density at radius 3 is 2.42 bits per heavy atom. The normalized spacial score (nSPS) is 21.2. The molecule has 1 nitrogen and oxygen atoms in total. The Morgan fingerprint density at radius 2 is 1.92 bits per heavy atom. The molecule has 0 unspecified atom stereocenters. The summed E-state index contributed by atoms with van der Waals surface area (Å²) >= 11 is 0.00922. The predicted molar refractivity (Wildman–Crippen MR) is 48.3 cm³/mol. The van der Waals surface area contributed by atoms with Gasteiger partial charge in [-0.3, -0.25) is 0 Å². The van der Waals surface area contributed by atoms with Crippen LogP contribution >= 0.6 is 0 Å². The molecule has 0 radical (unpaired) electrons. The van der Waals surface area contributed by atoms with Gasteiger partial charge in [0.15, 0.2) is 4.78 Å². The smallest absolute Gasteiger partial charge is 0.317 e. The Hall–Kier alpha value is 0.352. The van der Waals surface area contributed by atoms with Crippen molar-refractivity contribution in [2.24, 2.45) is 5.92 Å². The Morgan fingerprint density at radius 1 is 1.33 bits per heavy atom. The van der Waals surface area contributed by atoms with Crippen molar-refractivity contribution >= 4 is 16.3 Å². The molecule has 0 aromatic heterocycles. The van der Waals surface area contributed by atoms with Gasteiger partial charge in [-0.05, 0) is 44.7 Å². The molecule has 0 atom stereocenters. The third-order valence-electron chi connectivity index (χ3n) is 2.45. The van der Waals surface area contributed by atoms with Crippen LogP contribution in [0.2, 0.25) is 0 Å². The summed E-state index contributed by atoms with van der Waals surface area (Å²) in [5, 5.41) is 3.23. The van der Waals surface area contributed by atoms with E-state index in [9.17, 15) is 8.78 Å². The minimum Gasteiger partial charge on any atom is -0.317 e. The second-order valence-electron chi connectivity index (χ2n) is 3.80. The monoisotopic (exact) mass is 191 g/mol. The van der Waals surface area contributed by atoms with E-state index in [4.69, 9.17) is 0 Å². The Labute approximate surface area is 80.3 Å². The Balaban J connectivity index is 2.13. The highest BCUT2D eigenvalue weighted by atomic mass is 27.0. The lowest BCUT2D eigenvalue weighted by atomic mass is 9.93. The zero-order valence-corrected chi connectivity index (χ0v) is 9.58. The lowest BCUT2D eigenvalue weighted by molar-refractivity contribution is 0.0747. The molecular formula is C8H16AlF2N. The van der Waals surface area contributed by atoms with Crippen LogP contribution in [0.3, 0.4) is 0 Å². The molecule has 0 saturated carbocycles. The summed E-state index contributed by atoms with van der Waals surface area (Å²) in [6.07, 6.45) is 3.00. The zero-order valence-electron chi connectivity index (χ0n) is 7.58. The summed E-state index contributed by atoms with van der Waals surface area (Å²) in [7, 11) is 0. The molecule has 0 aromatic carbocycles. The van der Waals surface area contributed by atoms with Gasteiger partial charge in [-0.15, -0.1) is 0 Å². The van der Waals surface area contributed by atoms with Crippen molar-refractivity contribution in [1.29, 1.82) is 0 Å². The van der Waals surface area contributed by atoms with Crippen molar-refractivity contribution in [3.05, 3.63) is 0 Å². The summed E-state index contributed by atoms with van der Waals surface area (Å²) in [5.74, 6) is 0.547. The molecule has 1 N–H and O–H groups in total. The van der Waals surface area contributed by atoms with Gasteiger partial charge in [0.05, 0.1) is 0 Å². The van der Waals surface area contributed by atoms with E-state index >= 15 is 0 Å². The molecule has 1 aliphatic heterocycles. The van der Waals surface area contributed by atoms with Crippen molar-refractivity contribution in [2.75, 3.05) is 13.1 Å². The minimum absolute atomic E-state index is 0.00922. The molecule has 0 amide bonds. The van der Waals surface area contributed by atoms with E-state index in [1.807, 2.05) is 0 Å². The van der Waals surface area contributed by atoms with Crippen molar-refractivity contribution in [1.82, 2.24) is 5.32 Å². The van der Waals surface area contributed by atoms with Gasteiger partial charge in [-0.2, -0.15) is 0 Å². The number of halogens is 2. The van der Waals surface area contributed by atoms with E-state index in [2.05, 4.69) is 5.32 Å². The van der Waals surface area contributed by atoms with Gasteiger partial charge in [-0.1, -0.05) is 0 Å². The van der Waals surface area contributed by atoms with E-state index in [0.29, 0.717) is 5.92 Å². The highest BCUT2D eigenvalue weighted by molar-refractivity contribution is 6.13. The minimum atomic E-state index is -2.33. The number of alkyl halides is 2. The predicted octanol–water partition coefficient (Wildman–Crippen LogP) is 0.992. The van der Waals surface area contributed by atoms with Crippen LogP contribution in [0, 0.1) is 5.92 Å². The first kappa shape index (κ1) is 10.4. The second kappa shape index (κ2) is 4.55. The molecule has 12 heavy (non-hydrogen) atoms. The standard InChI is InChI=1S/C8H14F2N.Al.2H/c9-8(10)2-1-7-3-5-11-6-4-7;;;/h7,11H,1-6H2;;;. The van der Waals surface area contributed by atoms with Crippen LogP contribution in [0.4, 0.5) is 8.78 Å². The number of hydrogen-bond donors (Lipinski definition) is 1. The van der Waals surface area contributed by atoms with E-state index in [-0.39, 0.29) is 22.7 Å². The van der Waals surface area contributed by atoms with Gasteiger partial charge in [0.1, 0.15) is 0 Å². The molecule has 0 aliphatic carbocycles. The molecule has 1 aliphatic rings. The molecule has 0 bridgehead atoms. The molecule has 1 rings (SSSR count). The number of rotatable bonds is 3. The highest BCUT2D eigenvalue weighted by Gasteiger charge is 2.23. The van der Waals surface area contributed by atoms with Crippen molar-refractivity contribution in [3.8, 4) is 0 Å². The highest BCUT2D eigenvalue weighted by Crippen LogP contribution is 2.23. The fourth-order valence-corrected chi connectivity index (χ4v) is 1.92. The lowest BCUT2D eigenvalue weighted by Gasteiger charge is -2.23. The van der Waals surface area contributed by atoms with Gasteiger partial charge in [0.2, 0.25) is 0 Å². The van der Waals surface area contributed by atoms with E-state index < -0.39 is 4.78 Å². The molecule has 1 heterocycles. The summed E-state index contributed by atoms with van der Waals surface area (Å²) in [6.45, 7) is 2.02. The quantitative estimate of drug-likeness (QED) is 0.656. The largest absolute Gasteiger partial charge is 0.326 e. The van der Waals surface area contributed by atoms with Crippen LogP contribution in [0.5, 0.6) is 0 Å². The first-order valence-electron chi connectivity index (χ1n) is 4.66. The van der Waals surface area contributed by atoms with Crippen LogP contribution in [0.1, 0.15) is 25.7 Å². The van der Waals surface area contributed by atoms with Gasteiger partial charge in [0.25, 0.3) is 0 Å². The molecule has 4 heteroatoms.